The zero-order chi connectivity index (χ0) is 26.9. The molecule has 1 aliphatic heterocycles. The van der Waals surface area contributed by atoms with E-state index in [1.807, 2.05) is 12.1 Å². The summed E-state index contributed by atoms with van der Waals surface area (Å²) in [5, 5.41) is 17.6. The van der Waals surface area contributed by atoms with E-state index in [0.717, 1.165) is 42.9 Å². The summed E-state index contributed by atoms with van der Waals surface area (Å²) in [6.07, 6.45) is 5.79. The van der Waals surface area contributed by atoms with Gasteiger partial charge in [-0.05, 0) is 49.3 Å². The summed E-state index contributed by atoms with van der Waals surface area (Å²) in [4.78, 5) is 15.8. The molecule has 1 saturated heterocycles. The Kier molecular flexibility index (Phi) is 7.43. The van der Waals surface area contributed by atoms with E-state index < -0.39 is 0 Å². The molecule has 204 valence electrons. The first-order chi connectivity index (χ1) is 18.2. The number of benzene rings is 1. The first-order valence-corrected chi connectivity index (χ1v) is 13.5. The second kappa shape index (κ2) is 10.8. The second-order valence-corrected chi connectivity index (χ2v) is 11.1. The highest BCUT2D eigenvalue weighted by Gasteiger charge is 2.27. The van der Waals surface area contributed by atoms with E-state index in [0.29, 0.717) is 30.3 Å². The molecule has 3 heterocycles. The van der Waals surface area contributed by atoms with Gasteiger partial charge in [-0.3, -0.25) is 10.2 Å². The highest BCUT2D eigenvalue weighted by atomic mass is 16.5. The van der Waals surface area contributed by atoms with Gasteiger partial charge in [0.25, 0.3) is 0 Å². The van der Waals surface area contributed by atoms with Crippen LogP contribution in [0.15, 0.2) is 24.3 Å². The van der Waals surface area contributed by atoms with Crippen molar-refractivity contribution in [2.75, 3.05) is 38.3 Å². The largest absolute Gasteiger partial charge is 0.494 e. The molecule has 2 fully saturated rings. The minimum Gasteiger partial charge on any atom is -0.494 e. The van der Waals surface area contributed by atoms with Crippen LogP contribution in [0, 0.1) is 5.41 Å². The molecule has 0 amide bonds. The maximum Gasteiger partial charge on any atom is 0.242 e. The van der Waals surface area contributed by atoms with Crippen molar-refractivity contribution in [1.82, 2.24) is 19.4 Å². The van der Waals surface area contributed by atoms with Gasteiger partial charge in [0.15, 0.2) is 11.4 Å². The van der Waals surface area contributed by atoms with Crippen molar-refractivity contribution in [2.45, 2.75) is 70.9 Å². The smallest absolute Gasteiger partial charge is 0.242 e. The van der Waals surface area contributed by atoms with Gasteiger partial charge in [0, 0.05) is 30.3 Å². The lowest BCUT2D eigenvalue weighted by molar-refractivity contribution is 0.0965. The Hall–Kier alpha value is -3.40. The van der Waals surface area contributed by atoms with Gasteiger partial charge in [-0.2, -0.15) is 4.52 Å². The molecule has 10 nitrogen and oxygen atoms in total. The molecule has 5 rings (SSSR count). The van der Waals surface area contributed by atoms with Crippen LogP contribution in [0.2, 0.25) is 0 Å². The second-order valence-electron chi connectivity index (χ2n) is 11.1. The lowest BCUT2D eigenvalue weighted by Gasteiger charge is -2.33. The molecule has 1 N–H and O–H groups in total. The molecule has 2 aliphatic rings. The van der Waals surface area contributed by atoms with Crippen LogP contribution in [0.5, 0.6) is 11.6 Å². The van der Waals surface area contributed by atoms with E-state index in [9.17, 15) is 4.79 Å². The minimum atomic E-state index is -0.238. The number of Topliss-reactive ketones (excluding diaryl/α,β-unsaturated/α-hetero) is 1. The fourth-order valence-corrected chi connectivity index (χ4v) is 5.25. The Balaban J connectivity index is 1.44. The van der Waals surface area contributed by atoms with Crippen LogP contribution in [-0.2, 0) is 16.7 Å². The van der Waals surface area contributed by atoms with Crippen molar-refractivity contribution in [3.05, 3.63) is 41.0 Å². The first-order valence-electron chi connectivity index (χ1n) is 13.5. The zero-order valence-corrected chi connectivity index (χ0v) is 22.8. The Labute approximate surface area is 223 Å². The van der Waals surface area contributed by atoms with Crippen molar-refractivity contribution in [3.63, 3.8) is 0 Å². The standard InChI is InChI=1S/C28H38N6O4/c1-28(2,3)21-16-19(17-22(26(21)36-4)32-12-14-37-15-13-32)23(35)18-33-27(29)34-24(30-33)10-11-25(31-34)38-20-8-6-5-7-9-20/h10-11,16-17,20,29H,5-9,12-15,18H2,1-4H3. The summed E-state index contributed by atoms with van der Waals surface area (Å²) in [6.45, 7) is 8.98. The van der Waals surface area contributed by atoms with Gasteiger partial charge in [0.1, 0.15) is 18.4 Å². The summed E-state index contributed by atoms with van der Waals surface area (Å²) in [7, 11) is 1.67. The molecule has 3 aromatic rings. The molecule has 0 bridgehead atoms. The van der Waals surface area contributed by atoms with Gasteiger partial charge in [-0.1, -0.05) is 27.2 Å². The lowest BCUT2D eigenvalue weighted by atomic mass is 9.84. The quantitative estimate of drug-likeness (QED) is 0.471. The highest BCUT2D eigenvalue weighted by Crippen LogP contribution is 2.40. The number of ether oxygens (including phenoxy) is 3. The van der Waals surface area contributed by atoms with Crippen molar-refractivity contribution in [3.8, 4) is 11.6 Å². The van der Waals surface area contributed by atoms with Crippen LogP contribution in [0.4, 0.5) is 5.69 Å². The first kappa shape index (κ1) is 26.2. The van der Waals surface area contributed by atoms with Crippen LogP contribution in [0.1, 0.15) is 68.8 Å². The number of aromatic nitrogens is 4. The maximum absolute atomic E-state index is 13.6. The number of ketones is 1. The molecule has 0 spiro atoms. The van der Waals surface area contributed by atoms with Gasteiger partial charge in [0.05, 0.1) is 26.0 Å². The third-order valence-electron chi connectivity index (χ3n) is 7.35. The maximum atomic E-state index is 13.6. The summed E-state index contributed by atoms with van der Waals surface area (Å²) in [5.41, 5.74) is 2.71. The normalized spacial score (nSPS) is 17.1. The van der Waals surface area contributed by atoms with E-state index in [-0.39, 0.29) is 29.5 Å². The van der Waals surface area contributed by atoms with Gasteiger partial charge in [-0.15, -0.1) is 10.2 Å². The number of morpholine rings is 1. The highest BCUT2D eigenvalue weighted by molar-refractivity contribution is 5.97. The number of hydrogen-bond donors (Lipinski definition) is 1. The third kappa shape index (κ3) is 5.41. The summed E-state index contributed by atoms with van der Waals surface area (Å²) >= 11 is 0. The molecule has 0 atom stereocenters. The van der Waals surface area contributed by atoms with Crippen molar-refractivity contribution >= 4 is 17.1 Å². The van der Waals surface area contributed by atoms with E-state index in [4.69, 9.17) is 19.6 Å². The minimum absolute atomic E-state index is 0.0282. The number of carbonyl (C=O) groups is 1. The molecule has 1 aliphatic carbocycles. The van der Waals surface area contributed by atoms with Crippen LogP contribution in [0.25, 0.3) is 5.65 Å². The van der Waals surface area contributed by atoms with Crippen LogP contribution in [-0.4, -0.2) is 64.7 Å². The Morgan fingerprint density at radius 3 is 2.53 bits per heavy atom. The molecule has 1 aromatic carbocycles. The van der Waals surface area contributed by atoms with Gasteiger partial charge in [-0.25, -0.2) is 4.68 Å². The van der Waals surface area contributed by atoms with E-state index >= 15 is 0 Å². The molecule has 38 heavy (non-hydrogen) atoms. The summed E-state index contributed by atoms with van der Waals surface area (Å²) in [6, 6.07) is 7.39. The molecule has 0 unspecified atom stereocenters. The lowest BCUT2D eigenvalue weighted by Crippen LogP contribution is -2.37. The number of methoxy groups -OCH3 is 1. The molecular weight excluding hydrogens is 484 g/mol. The predicted molar refractivity (Wildman–Crippen MR) is 143 cm³/mol. The van der Waals surface area contributed by atoms with Crippen LogP contribution < -0.4 is 20.0 Å². The predicted octanol–water partition coefficient (Wildman–Crippen LogP) is 3.75. The number of rotatable bonds is 7. The van der Waals surface area contributed by atoms with Gasteiger partial charge >= 0.3 is 0 Å². The Morgan fingerprint density at radius 1 is 1.11 bits per heavy atom. The fourth-order valence-electron chi connectivity index (χ4n) is 5.25. The average molecular weight is 523 g/mol. The monoisotopic (exact) mass is 522 g/mol. The number of fused-ring (bicyclic) bond motifs is 1. The molecule has 10 heteroatoms. The number of nitrogens with zero attached hydrogens (tertiary/aromatic N) is 5. The Morgan fingerprint density at radius 2 is 1.84 bits per heavy atom. The summed E-state index contributed by atoms with van der Waals surface area (Å²) in [5.74, 6) is 1.13. The van der Waals surface area contributed by atoms with Gasteiger partial charge in [0.2, 0.25) is 11.5 Å². The molecule has 1 saturated carbocycles. The zero-order valence-electron chi connectivity index (χ0n) is 22.8. The van der Waals surface area contributed by atoms with Crippen molar-refractivity contribution in [2.24, 2.45) is 0 Å². The third-order valence-corrected chi connectivity index (χ3v) is 7.35. The number of carbonyl (C=O) groups excluding carboxylic acids is 1. The van der Waals surface area contributed by atoms with E-state index in [1.165, 1.54) is 28.5 Å². The molecule has 2 aromatic heterocycles. The van der Waals surface area contributed by atoms with Crippen LogP contribution >= 0.6 is 0 Å². The topological polar surface area (TPSA) is 107 Å². The van der Waals surface area contributed by atoms with E-state index in [1.54, 1.807) is 19.2 Å². The Bertz CT molecular complexity index is 1360. The van der Waals surface area contributed by atoms with E-state index in [2.05, 4.69) is 35.9 Å². The molecular formula is C28H38N6O4. The van der Waals surface area contributed by atoms with Crippen LogP contribution in [0.3, 0.4) is 0 Å². The van der Waals surface area contributed by atoms with Gasteiger partial charge < -0.3 is 19.1 Å². The number of nitrogens with one attached hydrogen (secondary N) is 1. The molecule has 0 radical (unpaired) electrons. The van der Waals surface area contributed by atoms with Crippen molar-refractivity contribution in [1.29, 1.82) is 5.41 Å². The average Bonchev–Trinajstić information content (AvgIpc) is 3.22. The number of hydrogen-bond acceptors (Lipinski definition) is 8. The summed E-state index contributed by atoms with van der Waals surface area (Å²) < 4.78 is 20.3. The van der Waals surface area contributed by atoms with Crippen molar-refractivity contribution < 1.29 is 19.0 Å². The number of anilines is 1. The fraction of sp³-hybridized carbons (Fsp3) is 0.571. The SMILES string of the molecule is COc1c(N2CCOCC2)cc(C(=O)Cn2nc3ccc(OC4CCCCC4)nn3c2=N)cc1C(C)(C)C.